The lowest BCUT2D eigenvalue weighted by Crippen LogP contribution is -2.44. The predicted octanol–water partition coefficient (Wildman–Crippen LogP) is 3.27. The van der Waals surface area contributed by atoms with Gasteiger partial charge in [-0.25, -0.2) is 4.98 Å². The summed E-state index contributed by atoms with van der Waals surface area (Å²) in [5.41, 5.74) is 1.79. The summed E-state index contributed by atoms with van der Waals surface area (Å²) in [6.45, 7) is 3.36. The number of nitrogens with zero attached hydrogens (tertiary/aromatic N) is 3. The van der Waals surface area contributed by atoms with Gasteiger partial charge >= 0.3 is 0 Å². The lowest BCUT2D eigenvalue weighted by Gasteiger charge is -2.32. The smallest absolute Gasteiger partial charge is 0.228 e. The maximum atomic E-state index is 13.0. The van der Waals surface area contributed by atoms with E-state index in [1.165, 1.54) is 0 Å². The third-order valence-electron chi connectivity index (χ3n) is 5.96. The van der Waals surface area contributed by atoms with Crippen LogP contribution in [0, 0.1) is 18.8 Å². The van der Waals surface area contributed by atoms with Crippen LogP contribution in [0.2, 0.25) is 5.02 Å². The normalized spacial score (nSPS) is 19.5. The Morgan fingerprint density at radius 2 is 1.81 bits per heavy atom. The molecular weight excluding hydrogens is 416 g/mol. The van der Waals surface area contributed by atoms with Crippen molar-refractivity contribution in [2.75, 3.05) is 29.9 Å². The highest BCUT2D eigenvalue weighted by atomic mass is 35.5. The Morgan fingerprint density at radius 3 is 2.48 bits per heavy atom. The molecule has 2 aliphatic heterocycles. The molecule has 1 aromatic heterocycles. The first-order valence-corrected chi connectivity index (χ1v) is 10.9. The number of aromatic nitrogens is 1. The molecular formula is C23H25ClN4O3. The molecule has 162 valence electrons. The monoisotopic (exact) mass is 440 g/mol. The van der Waals surface area contributed by atoms with E-state index in [0.717, 1.165) is 11.3 Å². The minimum Gasteiger partial charge on any atom is -0.342 e. The Morgan fingerprint density at radius 1 is 1.10 bits per heavy atom. The Labute approximate surface area is 186 Å². The average molecular weight is 441 g/mol. The number of carbonyl (C=O) groups excluding carboxylic acids is 3. The van der Waals surface area contributed by atoms with Crippen LogP contribution in [0.25, 0.3) is 0 Å². The molecule has 2 aromatic rings. The van der Waals surface area contributed by atoms with E-state index >= 15 is 0 Å². The first-order chi connectivity index (χ1) is 14.9. The summed E-state index contributed by atoms with van der Waals surface area (Å²) in [6, 6.07) is 10.8. The summed E-state index contributed by atoms with van der Waals surface area (Å²) < 4.78 is 0. The molecule has 0 spiro atoms. The molecule has 1 aromatic carbocycles. The predicted molar refractivity (Wildman–Crippen MR) is 119 cm³/mol. The summed E-state index contributed by atoms with van der Waals surface area (Å²) in [6.07, 6.45) is 3.08. The molecule has 2 saturated heterocycles. The van der Waals surface area contributed by atoms with Crippen molar-refractivity contribution in [3.8, 4) is 0 Å². The standard InChI is InChI=1S/C23H25ClN4O3/c1-15-6-9-25-20(12-15)26-22(30)16-7-10-27(11-8-16)23(31)17-13-21(29)28(14-17)19-4-2-18(24)3-5-19/h2-6,9,12,16-17H,7-8,10-11,13-14H2,1H3,(H,25,26,30). The molecule has 31 heavy (non-hydrogen) atoms. The average Bonchev–Trinajstić information content (AvgIpc) is 3.15. The molecule has 4 rings (SSSR count). The number of hydrogen-bond donors (Lipinski definition) is 1. The summed E-state index contributed by atoms with van der Waals surface area (Å²) in [7, 11) is 0. The molecule has 0 radical (unpaired) electrons. The SMILES string of the molecule is Cc1ccnc(NC(=O)C2CCN(C(=O)C3CC(=O)N(c4ccc(Cl)cc4)C3)CC2)c1. The van der Waals surface area contributed by atoms with Crippen molar-refractivity contribution >= 4 is 40.8 Å². The molecule has 0 aliphatic carbocycles. The van der Waals surface area contributed by atoms with Crippen LogP contribution in [0.15, 0.2) is 42.6 Å². The fourth-order valence-corrected chi connectivity index (χ4v) is 4.32. The maximum absolute atomic E-state index is 13.0. The van der Waals surface area contributed by atoms with Gasteiger partial charge in [0.2, 0.25) is 17.7 Å². The molecule has 1 atom stereocenters. The minimum absolute atomic E-state index is 0.0102. The van der Waals surface area contributed by atoms with Crippen LogP contribution in [0.4, 0.5) is 11.5 Å². The summed E-state index contributed by atoms with van der Waals surface area (Å²) in [5.74, 6) is -0.0813. The van der Waals surface area contributed by atoms with E-state index in [1.807, 2.05) is 19.1 Å². The van der Waals surface area contributed by atoms with Crippen molar-refractivity contribution in [2.45, 2.75) is 26.2 Å². The van der Waals surface area contributed by atoms with Gasteiger partial charge in [-0.1, -0.05) is 11.6 Å². The third-order valence-corrected chi connectivity index (χ3v) is 6.21. The number of likely N-dealkylation sites (tertiary alicyclic amines) is 1. The zero-order chi connectivity index (χ0) is 22.0. The van der Waals surface area contributed by atoms with Crippen LogP contribution in [-0.2, 0) is 14.4 Å². The lowest BCUT2D eigenvalue weighted by atomic mass is 9.94. The van der Waals surface area contributed by atoms with Crippen molar-refractivity contribution in [3.05, 3.63) is 53.2 Å². The van der Waals surface area contributed by atoms with E-state index < -0.39 is 0 Å². The first kappa shape index (κ1) is 21.3. The number of benzene rings is 1. The molecule has 0 bridgehead atoms. The van der Waals surface area contributed by atoms with Crippen LogP contribution >= 0.6 is 11.6 Å². The molecule has 1 N–H and O–H groups in total. The van der Waals surface area contributed by atoms with Crippen LogP contribution in [-0.4, -0.2) is 47.2 Å². The van der Waals surface area contributed by atoms with Gasteiger partial charge in [0.1, 0.15) is 5.82 Å². The number of nitrogens with one attached hydrogen (secondary N) is 1. The van der Waals surface area contributed by atoms with E-state index in [1.54, 1.807) is 40.3 Å². The quantitative estimate of drug-likeness (QED) is 0.790. The van der Waals surface area contributed by atoms with Gasteiger partial charge in [0.25, 0.3) is 0 Å². The van der Waals surface area contributed by atoms with Gasteiger partial charge in [0, 0.05) is 48.9 Å². The number of aryl methyl sites for hydroxylation is 1. The van der Waals surface area contributed by atoms with Crippen molar-refractivity contribution in [1.29, 1.82) is 0 Å². The molecule has 8 heteroatoms. The van der Waals surface area contributed by atoms with Gasteiger partial charge in [0.15, 0.2) is 0 Å². The fraction of sp³-hybridized carbons (Fsp3) is 0.391. The molecule has 1 unspecified atom stereocenters. The second kappa shape index (κ2) is 9.06. The number of anilines is 2. The Balaban J connectivity index is 1.30. The van der Waals surface area contributed by atoms with Crippen molar-refractivity contribution in [3.63, 3.8) is 0 Å². The second-order valence-electron chi connectivity index (χ2n) is 8.19. The van der Waals surface area contributed by atoms with Crippen molar-refractivity contribution < 1.29 is 14.4 Å². The Kier molecular flexibility index (Phi) is 6.23. The highest BCUT2D eigenvalue weighted by Gasteiger charge is 2.38. The van der Waals surface area contributed by atoms with E-state index in [2.05, 4.69) is 10.3 Å². The van der Waals surface area contributed by atoms with E-state index in [-0.39, 0.29) is 36.0 Å². The second-order valence-corrected chi connectivity index (χ2v) is 8.63. The molecule has 3 amide bonds. The van der Waals surface area contributed by atoms with Gasteiger partial charge in [-0.15, -0.1) is 0 Å². The van der Waals surface area contributed by atoms with Crippen LogP contribution in [0.3, 0.4) is 0 Å². The highest BCUT2D eigenvalue weighted by Crippen LogP contribution is 2.29. The van der Waals surface area contributed by atoms with Crippen LogP contribution in [0.1, 0.15) is 24.8 Å². The van der Waals surface area contributed by atoms with Crippen LogP contribution < -0.4 is 10.2 Å². The van der Waals surface area contributed by atoms with Gasteiger partial charge in [-0.2, -0.15) is 0 Å². The highest BCUT2D eigenvalue weighted by molar-refractivity contribution is 6.30. The molecule has 7 nitrogen and oxygen atoms in total. The third kappa shape index (κ3) is 4.88. The number of piperidine rings is 1. The zero-order valence-electron chi connectivity index (χ0n) is 17.4. The fourth-order valence-electron chi connectivity index (χ4n) is 4.20. The van der Waals surface area contributed by atoms with Crippen molar-refractivity contribution in [2.24, 2.45) is 11.8 Å². The van der Waals surface area contributed by atoms with Crippen LogP contribution in [0.5, 0.6) is 0 Å². The zero-order valence-corrected chi connectivity index (χ0v) is 18.1. The molecule has 2 fully saturated rings. The lowest BCUT2D eigenvalue weighted by molar-refractivity contribution is -0.138. The summed E-state index contributed by atoms with van der Waals surface area (Å²) >= 11 is 5.93. The molecule has 0 saturated carbocycles. The topological polar surface area (TPSA) is 82.6 Å². The van der Waals surface area contributed by atoms with Gasteiger partial charge in [-0.3, -0.25) is 14.4 Å². The van der Waals surface area contributed by atoms with E-state index in [4.69, 9.17) is 11.6 Å². The molecule has 3 heterocycles. The Hall–Kier alpha value is -2.93. The number of rotatable bonds is 4. The van der Waals surface area contributed by atoms with Gasteiger partial charge in [-0.05, 0) is 61.7 Å². The summed E-state index contributed by atoms with van der Waals surface area (Å²) in [5, 5.41) is 3.48. The maximum Gasteiger partial charge on any atom is 0.228 e. The molecule has 2 aliphatic rings. The van der Waals surface area contributed by atoms with E-state index in [9.17, 15) is 14.4 Å². The van der Waals surface area contributed by atoms with Gasteiger partial charge < -0.3 is 15.1 Å². The van der Waals surface area contributed by atoms with Gasteiger partial charge in [0.05, 0.1) is 5.92 Å². The summed E-state index contributed by atoms with van der Waals surface area (Å²) in [4.78, 5) is 45.6. The minimum atomic E-state index is -0.356. The number of carbonyl (C=O) groups is 3. The number of hydrogen-bond acceptors (Lipinski definition) is 4. The van der Waals surface area contributed by atoms with Crippen molar-refractivity contribution in [1.82, 2.24) is 9.88 Å². The Bertz CT molecular complexity index is 987. The number of amides is 3. The van der Waals surface area contributed by atoms with E-state index in [0.29, 0.717) is 43.3 Å². The largest absolute Gasteiger partial charge is 0.342 e. The first-order valence-electron chi connectivity index (χ1n) is 10.5. The number of halogens is 1. The number of pyridine rings is 1.